The molecular weight excluding hydrogens is 252 g/mol. The summed E-state index contributed by atoms with van der Waals surface area (Å²) in [6.45, 7) is 5.28. The third-order valence-electron chi connectivity index (χ3n) is 5.59. The molecule has 1 aliphatic carbocycles. The number of piperidine rings is 1. The van der Waals surface area contributed by atoms with Gasteiger partial charge in [-0.2, -0.15) is 0 Å². The third kappa shape index (κ3) is 2.57. The third-order valence-corrected chi connectivity index (χ3v) is 5.59. The standard InChI is InChI=1S/C16H26N2O2/c1-13(19)17-9-7-16(8-10-17)11-18(12-16)15(20)14-5-3-2-4-6-14/h14H,2-12H2,1H3. The molecule has 4 heteroatoms. The van der Waals surface area contributed by atoms with Crippen molar-refractivity contribution < 1.29 is 9.59 Å². The van der Waals surface area contributed by atoms with E-state index in [-0.39, 0.29) is 5.91 Å². The Morgan fingerprint density at radius 2 is 1.55 bits per heavy atom. The summed E-state index contributed by atoms with van der Waals surface area (Å²) in [6, 6.07) is 0. The van der Waals surface area contributed by atoms with Crippen molar-refractivity contribution in [2.45, 2.75) is 51.9 Å². The molecule has 0 radical (unpaired) electrons. The van der Waals surface area contributed by atoms with Gasteiger partial charge < -0.3 is 9.80 Å². The molecule has 0 unspecified atom stereocenters. The van der Waals surface area contributed by atoms with Gasteiger partial charge in [0.2, 0.25) is 11.8 Å². The van der Waals surface area contributed by atoms with Crippen molar-refractivity contribution in [3.63, 3.8) is 0 Å². The van der Waals surface area contributed by atoms with Crippen molar-refractivity contribution in [3.05, 3.63) is 0 Å². The van der Waals surface area contributed by atoms with Crippen molar-refractivity contribution in [1.82, 2.24) is 9.80 Å². The maximum absolute atomic E-state index is 12.4. The Kier molecular flexibility index (Phi) is 3.74. The minimum absolute atomic E-state index is 0.189. The lowest BCUT2D eigenvalue weighted by atomic mass is 9.71. The molecule has 4 nitrogen and oxygen atoms in total. The maximum atomic E-state index is 12.4. The van der Waals surface area contributed by atoms with Crippen LogP contribution in [0, 0.1) is 11.3 Å². The first kappa shape index (κ1) is 13.9. The van der Waals surface area contributed by atoms with Crippen LogP contribution in [0.15, 0.2) is 0 Å². The topological polar surface area (TPSA) is 40.6 Å². The summed E-state index contributed by atoms with van der Waals surface area (Å²) >= 11 is 0. The van der Waals surface area contributed by atoms with Crippen LogP contribution in [0.5, 0.6) is 0 Å². The van der Waals surface area contributed by atoms with Crippen LogP contribution in [0.25, 0.3) is 0 Å². The Bertz CT molecular complexity index is 385. The number of hydrogen-bond donors (Lipinski definition) is 0. The molecule has 20 heavy (non-hydrogen) atoms. The monoisotopic (exact) mass is 278 g/mol. The highest BCUT2D eigenvalue weighted by Crippen LogP contribution is 2.41. The lowest BCUT2D eigenvalue weighted by molar-refractivity contribution is -0.154. The van der Waals surface area contributed by atoms with Crippen molar-refractivity contribution in [2.24, 2.45) is 11.3 Å². The molecule has 0 N–H and O–H groups in total. The van der Waals surface area contributed by atoms with Gasteiger partial charge in [-0.05, 0) is 25.7 Å². The van der Waals surface area contributed by atoms with Gasteiger partial charge in [-0.25, -0.2) is 0 Å². The van der Waals surface area contributed by atoms with Gasteiger partial charge in [-0.1, -0.05) is 19.3 Å². The molecule has 3 aliphatic rings. The van der Waals surface area contributed by atoms with Gasteiger partial charge in [0, 0.05) is 44.4 Å². The molecule has 2 amide bonds. The highest BCUT2D eigenvalue weighted by atomic mass is 16.2. The molecule has 3 rings (SSSR count). The molecule has 2 saturated heterocycles. The zero-order chi connectivity index (χ0) is 14.2. The molecule has 3 fully saturated rings. The predicted molar refractivity (Wildman–Crippen MR) is 77.1 cm³/mol. The Balaban J connectivity index is 1.48. The molecule has 0 aromatic heterocycles. The summed E-state index contributed by atoms with van der Waals surface area (Å²) in [5.74, 6) is 0.900. The molecule has 0 aromatic carbocycles. The van der Waals surface area contributed by atoms with E-state index in [2.05, 4.69) is 4.90 Å². The minimum Gasteiger partial charge on any atom is -0.343 e. The molecule has 0 atom stereocenters. The molecule has 1 spiro atoms. The Labute approximate surface area is 121 Å². The second kappa shape index (κ2) is 5.38. The Morgan fingerprint density at radius 1 is 0.950 bits per heavy atom. The average Bonchev–Trinajstić information content (AvgIpc) is 2.45. The van der Waals surface area contributed by atoms with Crippen LogP contribution in [0.3, 0.4) is 0 Å². The van der Waals surface area contributed by atoms with E-state index in [1.807, 2.05) is 4.90 Å². The van der Waals surface area contributed by atoms with E-state index in [0.717, 1.165) is 51.9 Å². The maximum Gasteiger partial charge on any atom is 0.225 e. The van der Waals surface area contributed by atoms with Gasteiger partial charge in [0.25, 0.3) is 0 Å². The van der Waals surface area contributed by atoms with Crippen LogP contribution in [0.1, 0.15) is 51.9 Å². The van der Waals surface area contributed by atoms with Crippen LogP contribution in [-0.2, 0) is 9.59 Å². The fourth-order valence-electron chi connectivity index (χ4n) is 4.14. The summed E-state index contributed by atoms with van der Waals surface area (Å²) < 4.78 is 0. The minimum atomic E-state index is 0.189. The summed E-state index contributed by atoms with van der Waals surface area (Å²) in [5, 5.41) is 0. The number of rotatable bonds is 1. The van der Waals surface area contributed by atoms with Gasteiger partial charge in [0.15, 0.2) is 0 Å². The van der Waals surface area contributed by atoms with Crippen LogP contribution in [-0.4, -0.2) is 47.8 Å². The van der Waals surface area contributed by atoms with Crippen molar-refractivity contribution in [2.75, 3.05) is 26.2 Å². The summed E-state index contributed by atoms with van der Waals surface area (Å²) in [7, 11) is 0. The zero-order valence-electron chi connectivity index (χ0n) is 12.6. The largest absolute Gasteiger partial charge is 0.343 e. The molecule has 2 heterocycles. The van der Waals surface area contributed by atoms with E-state index < -0.39 is 0 Å². The van der Waals surface area contributed by atoms with Gasteiger partial charge >= 0.3 is 0 Å². The lowest BCUT2D eigenvalue weighted by Crippen LogP contribution is -2.63. The second-order valence-electron chi connectivity index (χ2n) is 7.04. The molecule has 2 aliphatic heterocycles. The number of nitrogens with zero attached hydrogens (tertiary/aromatic N) is 2. The fourth-order valence-corrected chi connectivity index (χ4v) is 4.14. The normalized spacial score (nSPS) is 26.4. The number of carbonyl (C=O) groups excluding carboxylic acids is 2. The Hall–Kier alpha value is -1.06. The first-order valence-corrected chi connectivity index (χ1v) is 8.14. The Morgan fingerprint density at radius 3 is 2.10 bits per heavy atom. The predicted octanol–water partition coefficient (Wildman–Crippen LogP) is 2.04. The van der Waals surface area contributed by atoms with Gasteiger partial charge in [0.05, 0.1) is 0 Å². The fraction of sp³-hybridized carbons (Fsp3) is 0.875. The van der Waals surface area contributed by atoms with Gasteiger partial charge in [-0.3, -0.25) is 9.59 Å². The first-order chi connectivity index (χ1) is 9.60. The van der Waals surface area contributed by atoms with Crippen molar-refractivity contribution in [1.29, 1.82) is 0 Å². The highest BCUT2D eigenvalue weighted by Gasteiger charge is 2.47. The van der Waals surface area contributed by atoms with Crippen molar-refractivity contribution >= 4 is 11.8 Å². The molecule has 1 saturated carbocycles. The van der Waals surface area contributed by atoms with Crippen LogP contribution in [0.4, 0.5) is 0 Å². The molecule has 112 valence electrons. The molecular formula is C16H26N2O2. The quantitative estimate of drug-likeness (QED) is 0.736. The van der Waals surface area contributed by atoms with Crippen LogP contribution >= 0.6 is 0 Å². The number of carbonyl (C=O) groups is 2. The van der Waals surface area contributed by atoms with E-state index in [1.165, 1.54) is 19.3 Å². The number of likely N-dealkylation sites (tertiary alicyclic amines) is 2. The van der Waals surface area contributed by atoms with E-state index in [0.29, 0.717) is 17.2 Å². The first-order valence-electron chi connectivity index (χ1n) is 8.14. The molecule has 0 aromatic rings. The van der Waals surface area contributed by atoms with Gasteiger partial charge in [0.1, 0.15) is 0 Å². The number of amides is 2. The number of hydrogen-bond acceptors (Lipinski definition) is 2. The van der Waals surface area contributed by atoms with Crippen molar-refractivity contribution in [3.8, 4) is 0 Å². The van der Waals surface area contributed by atoms with E-state index in [9.17, 15) is 9.59 Å². The lowest BCUT2D eigenvalue weighted by Gasteiger charge is -2.54. The zero-order valence-corrected chi connectivity index (χ0v) is 12.6. The smallest absolute Gasteiger partial charge is 0.225 e. The summed E-state index contributed by atoms with van der Waals surface area (Å²) in [5.41, 5.74) is 0.330. The van der Waals surface area contributed by atoms with E-state index >= 15 is 0 Å². The highest BCUT2D eigenvalue weighted by molar-refractivity contribution is 5.80. The van der Waals surface area contributed by atoms with E-state index in [1.54, 1.807) is 6.92 Å². The second-order valence-corrected chi connectivity index (χ2v) is 7.04. The van der Waals surface area contributed by atoms with Crippen LogP contribution < -0.4 is 0 Å². The van der Waals surface area contributed by atoms with Gasteiger partial charge in [-0.15, -0.1) is 0 Å². The SMILES string of the molecule is CC(=O)N1CCC2(CC1)CN(C(=O)C1CCCCC1)C2. The summed E-state index contributed by atoms with van der Waals surface area (Å²) in [6.07, 6.45) is 8.09. The van der Waals surface area contributed by atoms with Crippen LogP contribution in [0.2, 0.25) is 0 Å². The molecule has 0 bridgehead atoms. The summed E-state index contributed by atoms with van der Waals surface area (Å²) in [4.78, 5) is 27.8. The van der Waals surface area contributed by atoms with E-state index in [4.69, 9.17) is 0 Å². The average molecular weight is 278 g/mol.